The third kappa shape index (κ3) is 3.87. The van der Waals surface area contributed by atoms with E-state index in [0.717, 1.165) is 0 Å². The van der Waals surface area contributed by atoms with Crippen LogP contribution in [0.25, 0.3) is 0 Å². The second kappa shape index (κ2) is 6.63. The normalized spacial score (nSPS) is 10.0. The van der Waals surface area contributed by atoms with Gasteiger partial charge < -0.3 is 15.1 Å². The van der Waals surface area contributed by atoms with Gasteiger partial charge in [-0.2, -0.15) is 0 Å². The van der Waals surface area contributed by atoms with Crippen LogP contribution in [0, 0.1) is 0 Å². The molecule has 2 amide bonds. The van der Waals surface area contributed by atoms with Crippen molar-refractivity contribution in [2.75, 3.05) is 24.5 Å². The molecular formula is C13H18N2O4. The Morgan fingerprint density at radius 2 is 1.89 bits per heavy atom. The van der Waals surface area contributed by atoms with Crippen LogP contribution in [0.5, 0.6) is 5.75 Å². The Morgan fingerprint density at radius 1 is 1.21 bits per heavy atom. The number of carboxylic acids is 1. The minimum absolute atomic E-state index is 0.0602. The van der Waals surface area contributed by atoms with Crippen molar-refractivity contribution in [1.29, 1.82) is 0 Å². The zero-order valence-electron chi connectivity index (χ0n) is 11.0. The van der Waals surface area contributed by atoms with E-state index in [9.17, 15) is 14.7 Å². The minimum atomic E-state index is -1.05. The molecule has 0 spiro atoms. The number of hydrogen-bond donors (Lipinski definition) is 2. The van der Waals surface area contributed by atoms with Crippen molar-refractivity contribution in [3.8, 4) is 5.75 Å². The number of anilines is 1. The standard InChI is InChI=1S/C13H18N2O4/c1-3-14(9-12(17)18)13(19)15(4-2)10-6-5-7-11(16)8-10/h5-8,16H,3-4,9H2,1-2H3,(H,17,18). The van der Waals surface area contributed by atoms with Crippen molar-refractivity contribution in [2.45, 2.75) is 13.8 Å². The van der Waals surface area contributed by atoms with E-state index in [1.165, 1.54) is 21.9 Å². The fourth-order valence-electron chi connectivity index (χ4n) is 1.74. The zero-order valence-corrected chi connectivity index (χ0v) is 11.0. The molecule has 19 heavy (non-hydrogen) atoms. The first kappa shape index (κ1) is 14.8. The molecule has 0 heterocycles. The number of phenolic OH excluding ortho intramolecular Hbond substituents is 1. The topological polar surface area (TPSA) is 81.1 Å². The molecule has 0 saturated carbocycles. The highest BCUT2D eigenvalue weighted by atomic mass is 16.4. The second-order valence-electron chi connectivity index (χ2n) is 3.95. The van der Waals surface area contributed by atoms with Gasteiger partial charge in [-0.3, -0.25) is 9.69 Å². The molecule has 0 fully saturated rings. The zero-order chi connectivity index (χ0) is 14.4. The minimum Gasteiger partial charge on any atom is -0.508 e. The van der Waals surface area contributed by atoms with Gasteiger partial charge in [0.05, 0.1) is 0 Å². The van der Waals surface area contributed by atoms with Gasteiger partial charge in [-0.25, -0.2) is 4.79 Å². The van der Waals surface area contributed by atoms with Gasteiger partial charge >= 0.3 is 12.0 Å². The summed E-state index contributed by atoms with van der Waals surface area (Å²) in [6.45, 7) is 3.86. The van der Waals surface area contributed by atoms with Crippen molar-refractivity contribution in [1.82, 2.24) is 4.90 Å². The van der Waals surface area contributed by atoms with Gasteiger partial charge in [-0.05, 0) is 26.0 Å². The highest BCUT2D eigenvalue weighted by Crippen LogP contribution is 2.21. The number of nitrogens with zero attached hydrogens (tertiary/aromatic N) is 2. The third-order valence-corrected chi connectivity index (χ3v) is 2.67. The van der Waals surface area contributed by atoms with Crippen LogP contribution in [0.1, 0.15) is 13.8 Å². The predicted molar refractivity (Wildman–Crippen MR) is 71.4 cm³/mol. The smallest absolute Gasteiger partial charge is 0.324 e. The van der Waals surface area contributed by atoms with Crippen LogP contribution >= 0.6 is 0 Å². The molecule has 0 atom stereocenters. The first-order chi connectivity index (χ1) is 8.99. The van der Waals surface area contributed by atoms with Crippen LogP contribution in [-0.2, 0) is 4.79 Å². The predicted octanol–water partition coefficient (Wildman–Crippen LogP) is 1.75. The number of carbonyl (C=O) groups excluding carboxylic acids is 1. The van der Waals surface area contributed by atoms with Crippen LogP contribution in [0.15, 0.2) is 24.3 Å². The maximum absolute atomic E-state index is 12.3. The Hall–Kier alpha value is -2.24. The fourth-order valence-corrected chi connectivity index (χ4v) is 1.74. The molecule has 0 unspecified atom stereocenters. The Balaban J connectivity index is 2.95. The number of carboxylic acid groups (broad SMARTS) is 1. The molecule has 6 nitrogen and oxygen atoms in total. The summed E-state index contributed by atoms with van der Waals surface area (Å²) in [5, 5.41) is 18.2. The maximum atomic E-state index is 12.3. The Labute approximate surface area is 111 Å². The SMILES string of the molecule is CCN(CC(=O)O)C(=O)N(CC)c1cccc(O)c1. The summed E-state index contributed by atoms with van der Waals surface area (Å²) < 4.78 is 0. The molecule has 0 aliphatic carbocycles. The molecular weight excluding hydrogens is 248 g/mol. The van der Waals surface area contributed by atoms with E-state index in [2.05, 4.69) is 0 Å². The molecule has 1 aromatic carbocycles. The molecule has 6 heteroatoms. The van der Waals surface area contributed by atoms with E-state index in [1.807, 2.05) is 0 Å². The number of aromatic hydroxyl groups is 1. The number of aliphatic carboxylic acids is 1. The van der Waals surface area contributed by atoms with Gasteiger partial charge in [0.1, 0.15) is 12.3 Å². The number of phenols is 1. The van der Waals surface area contributed by atoms with Crippen LogP contribution in [0.3, 0.4) is 0 Å². The lowest BCUT2D eigenvalue weighted by Crippen LogP contribution is -2.45. The summed E-state index contributed by atoms with van der Waals surface area (Å²) in [4.78, 5) is 25.6. The van der Waals surface area contributed by atoms with Crippen molar-refractivity contribution in [3.63, 3.8) is 0 Å². The van der Waals surface area contributed by atoms with Crippen molar-refractivity contribution < 1.29 is 19.8 Å². The summed E-state index contributed by atoms with van der Waals surface area (Å²) in [7, 11) is 0. The van der Waals surface area contributed by atoms with E-state index >= 15 is 0 Å². The molecule has 0 bridgehead atoms. The van der Waals surface area contributed by atoms with Gasteiger partial charge in [0, 0.05) is 24.8 Å². The molecule has 0 saturated heterocycles. The van der Waals surface area contributed by atoms with E-state index < -0.39 is 12.0 Å². The van der Waals surface area contributed by atoms with Crippen molar-refractivity contribution in [2.24, 2.45) is 0 Å². The van der Waals surface area contributed by atoms with Crippen LogP contribution in [0.2, 0.25) is 0 Å². The van der Waals surface area contributed by atoms with Crippen LogP contribution < -0.4 is 4.90 Å². The first-order valence-electron chi connectivity index (χ1n) is 6.06. The van der Waals surface area contributed by atoms with Crippen LogP contribution in [-0.4, -0.2) is 46.7 Å². The van der Waals surface area contributed by atoms with Gasteiger partial charge in [-0.15, -0.1) is 0 Å². The van der Waals surface area contributed by atoms with Crippen molar-refractivity contribution in [3.05, 3.63) is 24.3 Å². The summed E-state index contributed by atoms with van der Waals surface area (Å²) >= 11 is 0. The van der Waals surface area contributed by atoms with E-state index in [4.69, 9.17) is 5.11 Å². The molecule has 1 rings (SSSR count). The Morgan fingerprint density at radius 3 is 2.37 bits per heavy atom. The number of carbonyl (C=O) groups is 2. The average molecular weight is 266 g/mol. The van der Waals surface area contributed by atoms with Gasteiger partial charge in [-0.1, -0.05) is 6.07 Å². The highest BCUT2D eigenvalue weighted by Gasteiger charge is 2.21. The van der Waals surface area contributed by atoms with Crippen LogP contribution in [0.4, 0.5) is 10.5 Å². The largest absolute Gasteiger partial charge is 0.508 e. The lowest BCUT2D eigenvalue weighted by Gasteiger charge is -2.28. The fraction of sp³-hybridized carbons (Fsp3) is 0.385. The molecule has 0 aromatic heterocycles. The number of amides is 2. The average Bonchev–Trinajstić information content (AvgIpc) is 2.36. The Bertz CT molecular complexity index is 462. The van der Waals surface area contributed by atoms with Gasteiger partial charge in [0.25, 0.3) is 0 Å². The number of rotatable bonds is 5. The molecule has 1 aromatic rings. The number of urea groups is 1. The molecule has 0 radical (unpaired) electrons. The monoisotopic (exact) mass is 266 g/mol. The van der Waals surface area contributed by atoms with E-state index in [1.54, 1.807) is 26.0 Å². The number of likely N-dealkylation sites (N-methyl/N-ethyl adjacent to an activating group) is 1. The Kier molecular flexibility index (Phi) is 5.17. The number of hydrogen-bond acceptors (Lipinski definition) is 3. The summed E-state index contributed by atoms with van der Waals surface area (Å²) in [6.07, 6.45) is 0. The second-order valence-corrected chi connectivity index (χ2v) is 3.95. The third-order valence-electron chi connectivity index (χ3n) is 2.67. The molecule has 0 aliphatic heterocycles. The highest BCUT2D eigenvalue weighted by molar-refractivity contribution is 5.93. The van der Waals surface area contributed by atoms with E-state index in [0.29, 0.717) is 18.8 Å². The first-order valence-corrected chi connectivity index (χ1v) is 6.06. The molecule has 0 aliphatic rings. The molecule has 2 N–H and O–H groups in total. The van der Waals surface area contributed by atoms with Gasteiger partial charge in [0.2, 0.25) is 0 Å². The number of benzene rings is 1. The summed E-state index contributed by atoms with van der Waals surface area (Å²) in [6, 6.07) is 5.91. The van der Waals surface area contributed by atoms with E-state index in [-0.39, 0.29) is 12.3 Å². The van der Waals surface area contributed by atoms with Crippen molar-refractivity contribution >= 4 is 17.7 Å². The summed E-state index contributed by atoms with van der Waals surface area (Å²) in [5.74, 6) is -0.993. The quantitative estimate of drug-likeness (QED) is 0.850. The molecule has 104 valence electrons. The maximum Gasteiger partial charge on any atom is 0.324 e. The lowest BCUT2D eigenvalue weighted by atomic mass is 10.2. The van der Waals surface area contributed by atoms with Gasteiger partial charge in [0.15, 0.2) is 0 Å². The summed E-state index contributed by atoms with van der Waals surface area (Å²) in [5.41, 5.74) is 0.538. The lowest BCUT2D eigenvalue weighted by molar-refractivity contribution is -0.137.